The molecule has 1 heterocycles. The van der Waals surface area contributed by atoms with Crippen molar-refractivity contribution in [2.45, 2.75) is 18.2 Å². The zero-order chi connectivity index (χ0) is 10.6. The third kappa shape index (κ3) is 3.14. The fraction of sp³-hybridized carbons (Fsp3) is 0.556. The summed E-state index contributed by atoms with van der Waals surface area (Å²) in [5.41, 5.74) is 0.356. The molecule has 0 radical (unpaired) electrons. The van der Waals surface area contributed by atoms with Gasteiger partial charge in [-0.15, -0.1) is 0 Å². The number of hydrogen-bond acceptors (Lipinski definition) is 3. The van der Waals surface area contributed by atoms with Crippen LogP contribution in [0.3, 0.4) is 0 Å². The van der Waals surface area contributed by atoms with Gasteiger partial charge in [0.15, 0.2) is 5.69 Å². The van der Waals surface area contributed by atoms with Gasteiger partial charge in [-0.05, 0) is 6.42 Å². The highest BCUT2D eigenvalue weighted by Gasteiger charge is 2.14. The Balaban J connectivity index is 2.45. The standard InChI is InChI=1S/C9H13BrN2O2/c1-7(10)3-5-12(2)9(13)8-4-6-14-11-8/h4,6-7H,3,5H2,1-2H3. The molecule has 1 aromatic heterocycles. The molecule has 0 N–H and O–H groups in total. The molecule has 4 nitrogen and oxygen atoms in total. The molecule has 0 fully saturated rings. The van der Waals surface area contributed by atoms with Gasteiger partial charge in [-0.25, -0.2) is 0 Å². The molecule has 5 heteroatoms. The number of carbonyl (C=O) groups is 1. The molecule has 0 bridgehead atoms. The average Bonchev–Trinajstić information content (AvgIpc) is 2.65. The first-order chi connectivity index (χ1) is 6.61. The van der Waals surface area contributed by atoms with Crippen molar-refractivity contribution in [2.24, 2.45) is 0 Å². The van der Waals surface area contributed by atoms with Crippen molar-refractivity contribution in [2.75, 3.05) is 13.6 Å². The summed E-state index contributed by atoms with van der Waals surface area (Å²) in [5.74, 6) is -0.105. The van der Waals surface area contributed by atoms with Gasteiger partial charge < -0.3 is 9.42 Å². The molecule has 0 saturated heterocycles. The lowest BCUT2D eigenvalue weighted by atomic mass is 10.3. The first-order valence-corrected chi connectivity index (χ1v) is 5.32. The quantitative estimate of drug-likeness (QED) is 0.778. The van der Waals surface area contributed by atoms with E-state index in [1.165, 1.54) is 6.26 Å². The van der Waals surface area contributed by atoms with Crippen LogP contribution in [0.25, 0.3) is 0 Å². The van der Waals surface area contributed by atoms with Crippen LogP contribution in [0.2, 0.25) is 0 Å². The summed E-state index contributed by atoms with van der Waals surface area (Å²) in [5, 5.41) is 3.59. The molecule has 0 spiro atoms. The predicted octanol–water partition coefficient (Wildman–Crippen LogP) is 1.92. The Hall–Kier alpha value is -0.840. The van der Waals surface area contributed by atoms with Gasteiger partial charge in [0.25, 0.3) is 5.91 Å². The summed E-state index contributed by atoms with van der Waals surface area (Å²) in [6.07, 6.45) is 2.31. The molecule has 1 unspecified atom stereocenters. The van der Waals surface area contributed by atoms with E-state index in [0.717, 1.165) is 6.42 Å². The summed E-state index contributed by atoms with van der Waals surface area (Å²) in [6.45, 7) is 2.76. The lowest BCUT2D eigenvalue weighted by molar-refractivity contribution is 0.0783. The van der Waals surface area contributed by atoms with Crippen molar-refractivity contribution < 1.29 is 9.32 Å². The lowest BCUT2D eigenvalue weighted by Crippen LogP contribution is -2.28. The monoisotopic (exact) mass is 260 g/mol. The van der Waals surface area contributed by atoms with E-state index >= 15 is 0 Å². The van der Waals surface area contributed by atoms with Gasteiger partial charge in [0.05, 0.1) is 0 Å². The summed E-state index contributed by atoms with van der Waals surface area (Å²) < 4.78 is 4.60. The highest BCUT2D eigenvalue weighted by atomic mass is 79.9. The average molecular weight is 261 g/mol. The van der Waals surface area contributed by atoms with Crippen molar-refractivity contribution >= 4 is 21.8 Å². The van der Waals surface area contributed by atoms with E-state index < -0.39 is 0 Å². The van der Waals surface area contributed by atoms with E-state index in [-0.39, 0.29) is 5.91 Å². The number of hydrogen-bond donors (Lipinski definition) is 0. The van der Waals surface area contributed by atoms with E-state index in [4.69, 9.17) is 0 Å². The maximum absolute atomic E-state index is 11.6. The van der Waals surface area contributed by atoms with E-state index in [2.05, 4.69) is 32.5 Å². The van der Waals surface area contributed by atoms with E-state index in [1.54, 1.807) is 18.0 Å². The highest BCUT2D eigenvalue weighted by Crippen LogP contribution is 2.06. The Morgan fingerprint density at radius 3 is 3.00 bits per heavy atom. The van der Waals surface area contributed by atoms with Gasteiger partial charge in [-0.1, -0.05) is 28.0 Å². The summed E-state index contributed by atoms with van der Waals surface area (Å²) in [4.78, 5) is 13.7. The van der Waals surface area contributed by atoms with Crippen LogP contribution in [0.15, 0.2) is 16.9 Å². The molecule has 0 aliphatic rings. The Morgan fingerprint density at radius 2 is 2.50 bits per heavy atom. The minimum absolute atomic E-state index is 0.105. The molecule has 78 valence electrons. The maximum atomic E-state index is 11.6. The molecule has 1 atom stereocenters. The number of amides is 1. The first kappa shape index (κ1) is 11.2. The SMILES string of the molecule is CC(Br)CCN(C)C(=O)c1ccon1. The second-order valence-electron chi connectivity index (χ2n) is 3.18. The van der Waals surface area contributed by atoms with Crippen molar-refractivity contribution in [1.82, 2.24) is 10.1 Å². The Bertz CT molecular complexity index is 285. The second kappa shape index (κ2) is 5.14. The van der Waals surface area contributed by atoms with Crippen LogP contribution < -0.4 is 0 Å². The maximum Gasteiger partial charge on any atom is 0.275 e. The van der Waals surface area contributed by atoms with Crippen LogP contribution in [0.5, 0.6) is 0 Å². The Morgan fingerprint density at radius 1 is 1.79 bits per heavy atom. The van der Waals surface area contributed by atoms with Crippen LogP contribution in [-0.2, 0) is 0 Å². The van der Waals surface area contributed by atoms with Crippen LogP contribution in [0.1, 0.15) is 23.8 Å². The van der Waals surface area contributed by atoms with Gasteiger partial charge >= 0.3 is 0 Å². The van der Waals surface area contributed by atoms with Crippen molar-refractivity contribution in [3.05, 3.63) is 18.0 Å². The number of nitrogens with zero attached hydrogens (tertiary/aromatic N) is 2. The molecule has 1 amide bonds. The molecular formula is C9H13BrN2O2. The number of alkyl halides is 1. The predicted molar refractivity (Wildman–Crippen MR) is 56.5 cm³/mol. The van der Waals surface area contributed by atoms with E-state index in [0.29, 0.717) is 17.1 Å². The van der Waals surface area contributed by atoms with Crippen LogP contribution in [0, 0.1) is 0 Å². The zero-order valence-corrected chi connectivity index (χ0v) is 9.82. The molecule has 0 aliphatic carbocycles. The summed E-state index contributed by atoms with van der Waals surface area (Å²) in [6, 6.07) is 1.57. The molecule has 1 aromatic rings. The lowest BCUT2D eigenvalue weighted by Gasteiger charge is -2.15. The summed E-state index contributed by atoms with van der Waals surface area (Å²) in [7, 11) is 1.76. The van der Waals surface area contributed by atoms with Crippen LogP contribution in [-0.4, -0.2) is 34.4 Å². The third-order valence-electron chi connectivity index (χ3n) is 1.87. The number of rotatable bonds is 4. The van der Waals surface area contributed by atoms with Crippen molar-refractivity contribution in [1.29, 1.82) is 0 Å². The second-order valence-corrected chi connectivity index (χ2v) is 4.74. The minimum Gasteiger partial charge on any atom is -0.364 e. The van der Waals surface area contributed by atoms with E-state index in [9.17, 15) is 4.79 Å². The van der Waals surface area contributed by atoms with Crippen LogP contribution in [0.4, 0.5) is 0 Å². The smallest absolute Gasteiger partial charge is 0.275 e. The van der Waals surface area contributed by atoms with Gasteiger partial charge in [0.2, 0.25) is 0 Å². The Labute approximate surface area is 91.4 Å². The fourth-order valence-electron chi connectivity index (χ4n) is 0.991. The topological polar surface area (TPSA) is 46.3 Å². The van der Waals surface area contributed by atoms with Crippen molar-refractivity contribution in [3.63, 3.8) is 0 Å². The molecular weight excluding hydrogens is 248 g/mol. The molecule has 1 rings (SSSR count). The molecule has 14 heavy (non-hydrogen) atoms. The number of aromatic nitrogens is 1. The highest BCUT2D eigenvalue weighted by molar-refractivity contribution is 9.09. The van der Waals surface area contributed by atoms with Gasteiger partial charge in [0.1, 0.15) is 6.26 Å². The van der Waals surface area contributed by atoms with Crippen molar-refractivity contribution in [3.8, 4) is 0 Å². The summed E-state index contributed by atoms with van der Waals surface area (Å²) >= 11 is 3.43. The van der Waals surface area contributed by atoms with Crippen LogP contribution >= 0.6 is 15.9 Å². The molecule has 0 aliphatic heterocycles. The zero-order valence-electron chi connectivity index (χ0n) is 8.24. The van der Waals surface area contributed by atoms with Gasteiger partial charge in [0, 0.05) is 24.5 Å². The van der Waals surface area contributed by atoms with E-state index in [1.807, 2.05) is 0 Å². The third-order valence-corrected chi connectivity index (χ3v) is 2.32. The Kier molecular flexibility index (Phi) is 4.13. The number of carbonyl (C=O) groups excluding carboxylic acids is 1. The minimum atomic E-state index is -0.105. The number of halogens is 1. The largest absolute Gasteiger partial charge is 0.364 e. The van der Waals surface area contributed by atoms with Gasteiger partial charge in [-0.3, -0.25) is 4.79 Å². The first-order valence-electron chi connectivity index (χ1n) is 4.41. The molecule has 0 saturated carbocycles. The van der Waals surface area contributed by atoms with Gasteiger partial charge in [-0.2, -0.15) is 0 Å². The molecule has 0 aromatic carbocycles. The fourth-order valence-corrected chi connectivity index (χ4v) is 1.20. The normalized spacial score (nSPS) is 12.5.